The van der Waals surface area contributed by atoms with Gasteiger partial charge in [0, 0.05) is 7.11 Å². The van der Waals surface area contributed by atoms with Gasteiger partial charge in [-0.3, -0.25) is 4.79 Å². The number of aryl methyl sites for hydroxylation is 2. The number of hydrogen-bond acceptors (Lipinski definition) is 6. The Hall–Kier alpha value is -2.55. The zero-order valence-corrected chi connectivity index (χ0v) is 18.1. The topological polar surface area (TPSA) is 85.4 Å². The molecule has 2 aromatic carbocycles. The number of carbonyl (C=O) groups excluding carboxylic acids is 1. The Morgan fingerprint density at radius 3 is 2.34 bits per heavy atom. The number of sulfonamides is 1. The molecule has 3 rings (SSSR count). The van der Waals surface area contributed by atoms with Crippen molar-refractivity contribution >= 4 is 27.3 Å². The lowest BCUT2D eigenvalue weighted by molar-refractivity contribution is 0.0977. The van der Waals surface area contributed by atoms with E-state index in [-0.39, 0.29) is 18.1 Å². The number of nitrogens with one attached hydrogen (secondary N) is 1. The van der Waals surface area contributed by atoms with E-state index in [1.54, 1.807) is 7.11 Å². The molecule has 1 amide bonds. The number of benzene rings is 2. The smallest absolute Gasteiger partial charge is 0.284 e. The van der Waals surface area contributed by atoms with Crippen molar-refractivity contribution in [3.8, 4) is 10.4 Å². The second kappa shape index (κ2) is 8.86. The Morgan fingerprint density at radius 2 is 1.72 bits per heavy atom. The first-order valence-corrected chi connectivity index (χ1v) is 11.4. The summed E-state index contributed by atoms with van der Waals surface area (Å²) in [6.45, 7) is 3.95. The molecule has 0 aliphatic heterocycles. The highest BCUT2D eigenvalue weighted by Gasteiger charge is 2.24. The number of thiazole rings is 1. The maximum Gasteiger partial charge on any atom is 0.284 e. The molecule has 0 aliphatic rings. The molecule has 152 valence electrons. The minimum atomic E-state index is -3.90. The van der Waals surface area contributed by atoms with E-state index in [1.165, 1.54) is 11.3 Å². The predicted molar refractivity (Wildman–Crippen MR) is 114 cm³/mol. The summed E-state index contributed by atoms with van der Waals surface area (Å²) in [6.07, 6.45) is 0. The first kappa shape index (κ1) is 21.2. The van der Waals surface area contributed by atoms with E-state index < -0.39 is 15.9 Å². The highest BCUT2D eigenvalue weighted by Crippen LogP contribution is 2.31. The third kappa shape index (κ3) is 5.09. The van der Waals surface area contributed by atoms with Gasteiger partial charge in [-0.1, -0.05) is 48.5 Å². The van der Waals surface area contributed by atoms with E-state index in [0.717, 1.165) is 16.7 Å². The summed E-state index contributed by atoms with van der Waals surface area (Å²) in [5.74, 6) is -1.01. The summed E-state index contributed by atoms with van der Waals surface area (Å²) in [6, 6.07) is 14.9. The van der Waals surface area contributed by atoms with E-state index in [2.05, 4.69) is 9.71 Å². The van der Waals surface area contributed by atoms with Gasteiger partial charge in [0.25, 0.3) is 5.91 Å². The minimum absolute atomic E-state index is 0.0818. The molecule has 3 aromatic rings. The molecule has 0 bridgehead atoms. The monoisotopic (exact) mass is 430 g/mol. The zero-order chi connectivity index (χ0) is 21.0. The molecule has 29 heavy (non-hydrogen) atoms. The van der Waals surface area contributed by atoms with Crippen LogP contribution in [0.1, 0.15) is 32.2 Å². The van der Waals surface area contributed by atoms with Crippen molar-refractivity contribution in [3.63, 3.8) is 0 Å². The van der Waals surface area contributed by atoms with Gasteiger partial charge >= 0.3 is 0 Å². The van der Waals surface area contributed by atoms with Crippen LogP contribution in [0.4, 0.5) is 0 Å². The Morgan fingerprint density at radius 1 is 1.07 bits per heavy atom. The van der Waals surface area contributed by atoms with Gasteiger partial charge in [-0.2, -0.15) is 0 Å². The van der Waals surface area contributed by atoms with Crippen molar-refractivity contribution < 1.29 is 17.9 Å². The molecule has 0 atom stereocenters. The van der Waals surface area contributed by atoms with Crippen molar-refractivity contribution in [1.29, 1.82) is 0 Å². The minimum Gasteiger partial charge on any atom is -0.378 e. The number of aromatic nitrogens is 1. The molecule has 0 unspecified atom stereocenters. The molecule has 0 spiro atoms. The number of ether oxygens (including phenoxy) is 1. The van der Waals surface area contributed by atoms with Gasteiger partial charge in [-0.05, 0) is 36.1 Å². The van der Waals surface area contributed by atoms with Crippen LogP contribution in [0.5, 0.6) is 0 Å². The van der Waals surface area contributed by atoms with Gasteiger partial charge in [0.05, 0.1) is 17.2 Å². The van der Waals surface area contributed by atoms with Crippen LogP contribution in [0, 0.1) is 13.8 Å². The highest BCUT2D eigenvalue weighted by molar-refractivity contribution is 7.89. The van der Waals surface area contributed by atoms with Gasteiger partial charge in [0.15, 0.2) is 0 Å². The molecule has 1 aromatic heterocycles. The molecule has 0 radical (unpaired) electrons. The van der Waals surface area contributed by atoms with Crippen molar-refractivity contribution in [2.75, 3.05) is 7.11 Å². The molecule has 8 heteroatoms. The number of nitrogens with zero attached hydrogens (tertiary/aromatic N) is 1. The third-order valence-electron chi connectivity index (χ3n) is 4.42. The molecule has 1 N–H and O–H groups in total. The van der Waals surface area contributed by atoms with Gasteiger partial charge < -0.3 is 4.74 Å². The van der Waals surface area contributed by atoms with Gasteiger partial charge in [0.2, 0.25) is 10.0 Å². The third-order valence-corrected chi connectivity index (χ3v) is 6.66. The summed E-state index contributed by atoms with van der Waals surface area (Å²) in [4.78, 5) is 17.8. The number of amides is 1. The maximum atomic E-state index is 12.8. The SMILES string of the molecule is COCc1nc(C(=O)NS(=O)(=O)Cc2c(C)cccc2C)c(-c2ccccc2)s1. The fourth-order valence-corrected chi connectivity index (χ4v) is 5.31. The van der Waals surface area contributed by atoms with Crippen LogP contribution in [0.15, 0.2) is 48.5 Å². The number of methoxy groups -OCH3 is 1. The van der Waals surface area contributed by atoms with Crippen LogP contribution in [0.2, 0.25) is 0 Å². The molecule has 6 nitrogen and oxygen atoms in total. The second-order valence-electron chi connectivity index (χ2n) is 6.65. The van der Waals surface area contributed by atoms with E-state index in [0.29, 0.717) is 15.4 Å². The molecule has 0 saturated carbocycles. The van der Waals surface area contributed by atoms with Crippen LogP contribution in [-0.4, -0.2) is 26.4 Å². The summed E-state index contributed by atoms with van der Waals surface area (Å²) in [5.41, 5.74) is 3.30. The lowest BCUT2D eigenvalue weighted by atomic mass is 10.1. The van der Waals surface area contributed by atoms with Crippen LogP contribution >= 0.6 is 11.3 Å². The summed E-state index contributed by atoms with van der Waals surface area (Å²) in [7, 11) is -2.36. The average Bonchev–Trinajstić information content (AvgIpc) is 3.10. The summed E-state index contributed by atoms with van der Waals surface area (Å²) < 4.78 is 32.7. The van der Waals surface area contributed by atoms with E-state index in [4.69, 9.17) is 4.74 Å². The fourth-order valence-electron chi connectivity index (χ4n) is 2.98. The van der Waals surface area contributed by atoms with Gasteiger partial charge in [0.1, 0.15) is 10.7 Å². The largest absolute Gasteiger partial charge is 0.378 e. The Labute approximate surface area is 174 Å². The van der Waals surface area contributed by atoms with Crippen LogP contribution in [-0.2, 0) is 27.1 Å². The maximum absolute atomic E-state index is 12.8. The van der Waals surface area contributed by atoms with Gasteiger partial charge in [-0.25, -0.2) is 18.1 Å². The van der Waals surface area contributed by atoms with Crippen molar-refractivity contribution in [2.45, 2.75) is 26.2 Å². The first-order chi connectivity index (χ1) is 13.8. The summed E-state index contributed by atoms with van der Waals surface area (Å²) >= 11 is 1.31. The number of rotatable bonds is 7. The number of hydrogen-bond donors (Lipinski definition) is 1. The standard InChI is InChI=1S/C21H22N2O4S2/c1-14-8-7-9-15(2)17(14)13-29(25,26)23-21(24)19-20(16-10-5-4-6-11-16)28-18(22-19)12-27-3/h4-11H,12-13H2,1-3H3,(H,23,24). The van der Waals surface area contributed by atoms with Crippen molar-refractivity contribution in [2.24, 2.45) is 0 Å². The average molecular weight is 431 g/mol. The first-order valence-electron chi connectivity index (χ1n) is 8.94. The molecule has 0 aliphatic carbocycles. The molecule has 1 heterocycles. The Kier molecular flexibility index (Phi) is 6.46. The molecule has 0 saturated heterocycles. The van der Waals surface area contributed by atoms with E-state index in [9.17, 15) is 13.2 Å². The van der Waals surface area contributed by atoms with Crippen LogP contribution in [0.3, 0.4) is 0 Å². The lowest BCUT2D eigenvalue weighted by Crippen LogP contribution is -2.32. The zero-order valence-electron chi connectivity index (χ0n) is 16.4. The Bertz CT molecular complexity index is 1100. The molecular weight excluding hydrogens is 408 g/mol. The highest BCUT2D eigenvalue weighted by atomic mass is 32.2. The molecular formula is C21H22N2O4S2. The fraction of sp³-hybridized carbons (Fsp3) is 0.238. The lowest BCUT2D eigenvalue weighted by Gasteiger charge is -2.11. The Balaban J connectivity index is 1.90. The summed E-state index contributed by atoms with van der Waals surface area (Å²) in [5, 5.41) is 0.601. The van der Waals surface area contributed by atoms with Crippen LogP contribution in [0.25, 0.3) is 10.4 Å². The molecule has 0 fully saturated rings. The van der Waals surface area contributed by atoms with E-state index >= 15 is 0 Å². The van der Waals surface area contributed by atoms with Crippen molar-refractivity contribution in [3.05, 3.63) is 75.9 Å². The van der Waals surface area contributed by atoms with Crippen LogP contribution < -0.4 is 4.72 Å². The quantitative estimate of drug-likeness (QED) is 0.616. The second-order valence-corrected chi connectivity index (χ2v) is 9.45. The normalized spacial score (nSPS) is 11.4. The number of carbonyl (C=O) groups is 1. The van der Waals surface area contributed by atoms with Crippen molar-refractivity contribution in [1.82, 2.24) is 9.71 Å². The van der Waals surface area contributed by atoms with E-state index in [1.807, 2.05) is 62.4 Å². The predicted octanol–water partition coefficient (Wildman–Crippen LogP) is 3.83. The van der Waals surface area contributed by atoms with Gasteiger partial charge in [-0.15, -0.1) is 11.3 Å².